The number of amides is 3. The summed E-state index contributed by atoms with van der Waals surface area (Å²) in [5, 5.41) is 9.40. The molecule has 0 atom stereocenters. The second-order valence-electron chi connectivity index (χ2n) is 6.02. The predicted molar refractivity (Wildman–Crippen MR) is 97.7 cm³/mol. The number of nitrogens with two attached hydrogens (primary N) is 1. The SMILES string of the molecule is CCn1c(=O)c2c(C)c(CN(NC(=O)O)C(N)=O)sc2n(CCC(F)(F)F)c1=O. The Hall–Kier alpha value is -3.03. The minimum atomic E-state index is -4.51. The number of hydrogen-bond donors (Lipinski definition) is 3. The van der Waals surface area contributed by atoms with Gasteiger partial charge in [-0.1, -0.05) is 0 Å². The van der Waals surface area contributed by atoms with E-state index < -0.39 is 42.5 Å². The summed E-state index contributed by atoms with van der Waals surface area (Å²) in [6.45, 7) is 1.90. The van der Waals surface area contributed by atoms with E-state index in [1.807, 2.05) is 0 Å². The molecule has 4 N–H and O–H groups in total. The van der Waals surface area contributed by atoms with Crippen molar-refractivity contribution in [3.63, 3.8) is 0 Å². The van der Waals surface area contributed by atoms with Crippen molar-refractivity contribution < 1.29 is 27.9 Å². The Bertz CT molecular complexity index is 1070. The molecule has 0 spiro atoms. The van der Waals surface area contributed by atoms with Gasteiger partial charge in [0.05, 0.1) is 18.4 Å². The molecule has 2 aromatic rings. The summed E-state index contributed by atoms with van der Waals surface area (Å²) in [5.74, 6) is 0. The second kappa shape index (κ2) is 8.14. The van der Waals surface area contributed by atoms with E-state index in [-0.39, 0.29) is 23.3 Å². The maximum Gasteiger partial charge on any atom is 0.423 e. The number of aryl methyl sites for hydroxylation is 2. The zero-order valence-electron chi connectivity index (χ0n) is 15.4. The van der Waals surface area contributed by atoms with Crippen LogP contribution >= 0.6 is 11.3 Å². The van der Waals surface area contributed by atoms with Gasteiger partial charge in [-0.25, -0.2) is 24.8 Å². The molecule has 2 aromatic heterocycles. The molecular weight excluding hydrogens is 419 g/mol. The Morgan fingerprint density at radius 1 is 1.28 bits per heavy atom. The number of carbonyl (C=O) groups is 2. The number of hydrogen-bond acceptors (Lipinski definition) is 5. The minimum Gasteiger partial charge on any atom is -0.464 e. The third kappa shape index (κ3) is 4.70. The number of carboxylic acid groups (broad SMARTS) is 1. The highest BCUT2D eigenvalue weighted by Gasteiger charge is 2.29. The molecule has 14 heteroatoms. The fourth-order valence-corrected chi connectivity index (χ4v) is 4.04. The van der Waals surface area contributed by atoms with Crippen LogP contribution in [-0.4, -0.2) is 37.6 Å². The van der Waals surface area contributed by atoms with Gasteiger partial charge in [0.15, 0.2) is 0 Å². The first-order chi connectivity index (χ1) is 13.4. The maximum atomic E-state index is 12.7. The Kier molecular flexibility index (Phi) is 6.25. The molecule has 29 heavy (non-hydrogen) atoms. The summed E-state index contributed by atoms with van der Waals surface area (Å²) in [5.41, 5.74) is 5.68. The van der Waals surface area contributed by atoms with Crippen LogP contribution in [0.4, 0.5) is 22.8 Å². The van der Waals surface area contributed by atoms with Gasteiger partial charge >= 0.3 is 24.0 Å². The summed E-state index contributed by atoms with van der Waals surface area (Å²) < 4.78 is 39.8. The van der Waals surface area contributed by atoms with Gasteiger partial charge in [-0.2, -0.15) is 13.2 Å². The minimum absolute atomic E-state index is 0.0150. The molecule has 0 aliphatic rings. The molecule has 0 radical (unpaired) electrons. The van der Waals surface area contributed by atoms with E-state index in [1.54, 1.807) is 5.43 Å². The Morgan fingerprint density at radius 3 is 2.38 bits per heavy atom. The van der Waals surface area contributed by atoms with Crippen LogP contribution in [0.5, 0.6) is 0 Å². The van der Waals surface area contributed by atoms with Crippen molar-refractivity contribution in [2.45, 2.75) is 46.1 Å². The number of alkyl halides is 3. The van der Waals surface area contributed by atoms with Gasteiger partial charge in [0.2, 0.25) is 0 Å². The van der Waals surface area contributed by atoms with Gasteiger partial charge in [0, 0.05) is 18.0 Å². The first-order valence-electron chi connectivity index (χ1n) is 8.26. The molecule has 160 valence electrons. The molecule has 0 unspecified atom stereocenters. The van der Waals surface area contributed by atoms with E-state index in [0.717, 1.165) is 20.5 Å². The average molecular weight is 437 g/mol. The number of rotatable bonds is 5. The van der Waals surface area contributed by atoms with Crippen LogP contribution in [0.2, 0.25) is 0 Å². The second-order valence-corrected chi connectivity index (χ2v) is 7.10. The van der Waals surface area contributed by atoms with Gasteiger partial charge in [-0.05, 0) is 19.4 Å². The van der Waals surface area contributed by atoms with Gasteiger partial charge in [0.1, 0.15) is 4.83 Å². The molecule has 0 bridgehead atoms. The highest BCUT2D eigenvalue weighted by Crippen LogP contribution is 2.30. The summed E-state index contributed by atoms with van der Waals surface area (Å²) in [7, 11) is 0. The maximum absolute atomic E-state index is 12.7. The first kappa shape index (κ1) is 22.3. The number of nitrogens with one attached hydrogen (secondary N) is 1. The molecule has 3 amide bonds. The third-order valence-corrected chi connectivity index (χ3v) is 5.43. The fourth-order valence-electron chi connectivity index (χ4n) is 2.74. The van der Waals surface area contributed by atoms with Crippen LogP contribution in [-0.2, 0) is 19.6 Å². The topological polar surface area (TPSA) is 140 Å². The molecule has 0 aromatic carbocycles. The monoisotopic (exact) mass is 437 g/mol. The number of aromatic nitrogens is 2. The fraction of sp³-hybridized carbons (Fsp3) is 0.467. The van der Waals surface area contributed by atoms with E-state index in [1.165, 1.54) is 13.8 Å². The number of fused-ring (bicyclic) bond motifs is 1. The molecule has 2 heterocycles. The normalized spacial score (nSPS) is 11.6. The van der Waals surface area contributed by atoms with E-state index in [0.29, 0.717) is 15.4 Å². The number of carbonyl (C=O) groups excluding carboxylic acids is 1. The molecule has 0 saturated carbocycles. The summed E-state index contributed by atoms with van der Waals surface area (Å²) >= 11 is 0.821. The summed E-state index contributed by atoms with van der Waals surface area (Å²) in [4.78, 5) is 47.8. The Morgan fingerprint density at radius 2 is 1.90 bits per heavy atom. The number of halogens is 3. The molecule has 2 rings (SSSR count). The molecule has 0 aliphatic carbocycles. The van der Waals surface area contributed by atoms with Gasteiger partial charge in [-0.15, -0.1) is 11.3 Å². The molecular formula is C15H18F3N5O5S. The summed E-state index contributed by atoms with van der Waals surface area (Å²) in [6, 6.07) is -1.12. The van der Waals surface area contributed by atoms with Crippen LogP contribution in [0.25, 0.3) is 10.2 Å². The van der Waals surface area contributed by atoms with E-state index >= 15 is 0 Å². The van der Waals surface area contributed by atoms with Gasteiger partial charge < -0.3 is 10.8 Å². The standard InChI is InChI=1S/C15H18F3N5O5S/c1-3-21-10(24)9-7(2)8(6-23(12(19)25)20-13(26)27)29-11(9)22(14(21)28)5-4-15(16,17)18/h20H,3-6H2,1-2H3,(H2,19,25)(H,26,27). The van der Waals surface area contributed by atoms with Crippen molar-refractivity contribution in [3.05, 3.63) is 31.3 Å². The first-order valence-corrected chi connectivity index (χ1v) is 9.08. The van der Waals surface area contributed by atoms with Crippen LogP contribution in [0.3, 0.4) is 0 Å². The lowest BCUT2D eigenvalue weighted by Gasteiger charge is -2.18. The lowest BCUT2D eigenvalue weighted by molar-refractivity contribution is -0.136. The highest BCUT2D eigenvalue weighted by atomic mass is 32.1. The van der Waals surface area contributed by atoms with Crippen LogP contribution in [0.15, 0.2) is 9.59 Å². The lowest BCUT2D eigenvalue weighted by atomic mass is 10.2. The number of urea groups is 1. The smallest absolute Gasteiger partial charge is 0.423 e. The molecule has 0 aliphatic heterocycles. The molecule has 0 saturated heterocycles. The molecule has 10 nitrogen and oxygen atoms in total. The van der Waals surface area contributed by atoms with E-state index in [2.05, 4.69) is 0 Å². The number of thiophene rings is 1. The zero-order chi connectivity index (χ0) is 22.1. The van der Waals surface area contributed by atoms with Crippen molar-refractivity contribution in [1.82, 2.24) is 19.6 Å². The number of nitrogens with zero attached hydrogens (tertiary/aromatic N) is 3. The van der Waals surface area contributed by atoms with E-state index in [9.17, 15) is 32.3 Å². The van der Waals surface area contributed by atoms with Crippen LogP contribution in [0.1, 0.15) is 23.8 Å². The third-order valence-electron chi connectivity index (χ3n) is 4.13. The Labute approximate surface area is 164 Å². The predicted octanol–water partition coefficient (Wildman–Crippen LogP) is 1.57. The highest BCUT2D eigenvalue weighted by molar-refractivity contribution is 7.18. The lowest BCUT2D eigenvalue weighted by Crippen LogP contribution is -2.47. The number of primary amides is 1. The zero-order valence-corrected chi connectivity index (χ0v) is 16.2. The van der Waals surface area contributed by atoms with Gasteiger partial charge in [0.25, 0.3) is 5.56 Å². The van der Waals surface area contributed by atoms with Crippen molar-refractivity contribution in [2.24, 2.45) is 5.73 Å². The van der Waals surface area contributed by atoms with Crippen LogP contribution < -0.4 is 22.4 Å². The van der Waals surface area contributed by atoms with E-state index in [4.69, 9.17) is 10.8 Å². The van der Waals surface area contributed by atoms with Crippen molar-refractivity contribution >= 4 is 33.7 Å². The molecule has 0 fully saturated rings. The number of hydrazine groups is 1. The van der Waals surface area contributed by atoms with Crippen LogP contribution in [0, 0.1) is 6.92 Å². The van der Waals surface area contributed by atoms with Crippen molar-refractivity contribution in [3.8, 4) is 0 Å². The van der Waals surface area contributed by atoms with Crippen molar-refractivity contribution in [1.29, 1.82) is 0 Å². The largest absolute Gasteiger partial charge is 0.464 e. The summed E-state index contributed by atoms with van der Waals surface area (Å²) in [6.07, 6.45) is -7.34. The van der Waals surface area contributed by atoms with Crippen molar-refractivity contribution in [2.75, 3.05) is 0 Å². The van der Waals surface area contributed by atoms with Gasteiger partial charge in [-0.3, -0.25) is 13.9 Å². The quantitative estimate of drug-likeness (QED) is 0.609. The average Bonchev–Trinajstić information content (AvgIpc) is 2.89. The Balaban J connectivity index is 2.67.